The van der Waals surface area contributed by atoms with Gasteiger partial charge in [-0.3, -0.25) is 43.2 Å². The first-order valence-electron chi connectivity index (χ1n) is 22.6. The lowest BCUT2D eigenvalue weighted by Crippen LogP contribution is -2.59. The molecule has 358 valence electrons. The molecule has 1 fully saturated rings. The molecule has 20 heteroatoms. The third kappa shape index (κ3) is 15.4. The lowest BCUT2D eigenvalue weighted by molar-refractivity contribution is -0.135. The number of para-hydroxylation sites is 1. The summed E-state index contributed by atoms with van der Waals surface area (Å²) in [6.07, 6.45) is 4.96. The number of aromatic nitrogens is 3. The van der Waals surface area contributed by atoms with Gasteiger partial charge >= 0.3 is 0 Å². The van der Waals surface area contributed by atoms with Crippen molar-refractivity contribution in [2.24, 2.45) is 11.7 Å². The largest absolute Gasteiger partial charge is 0.368 e. The summed E-state index contributed by atoms with van der Waals surface area (Å²) in [7, 11) is 0. The van der Waals surface area contributed by atoms with E-state index >= 15 is 0 Å². The van der Waals surface area contributed by atoms with Crippen molar-refractivity contribution in [1.82, 2.24) is 52.2 Å². The van der Waals surface area contributed by atoms with E-state index in [2.05, 4.69) is 52.2 Å². The van der Waals surface area contributed by atoms with Crippen LogP contribution in [0.3, 0.4) is 0 Å². The number of rotatable bonds is 15. The monoisotopic (exact) mass is 923 g/mol. The molecule has 11 N–H and O–H groups in total. The van der Waals surface area contributed by atoms with Crippen molar-refractivity contribution >= 4 is 63.9 Å². The molecule has 2 aromatic carbocycles. The number of hydrogen-bond acceptors (Lipinski definition) is 10. The zero-order valence-corrected chi connectivity index (χ0v) is 37.9. The minimum Gasteiger partial charge on any atom is -0.368 e. The quantitative estimate of drug-likeness (QED) is 0.0784. The zero-order valence-electron chi connectivity index (χ0n) is 37.9. The van der Waals surface area contributed by atoms with Gasteiger partial charge in [0.1, 0.15) is 30.2 Å². The average Bonchev–Trinajstić information content (AvgIpc) is 3.97. The number of amides is 8. The van der Waals surface area contributed by atoms with E-state index in [9.17, 15) is 43.2 Å². The number of hydrogen-bond donors (Lipinski definition) is 10. The second-order valence-electron chi connectivity index (χ2n) is 16.9. The summed E-state index contributed by atoms with van der Waals surface area (Å²) < 4.78 is 0. The highest BCUT2D eigenvalue weighted by Crippen LogP contribution is 2.20. The highest BCUT2D eigenvalue weighted by molar-refractivity contribution is 5.98. The van der Waals surface area contributed by atoms with Crippen LogP contribution in [0.25, 0.3) is 10.9 Å². The molecule has 67 heavy (non-hydrogen) atoms. The Morgan fingerprint density at radius 2 is 1.54 bits per heavy atom. The van der Waals surface area contributed by atoms with Crippen molar-refractivity contribution < 1.29 is 43.2 Å². The molecule has 8 amide bonds. The number of aromatic amines is 2. The van der Waals surface area contributed by atoms with Crippen LogP contribution in [0.5, 0.6) is 0 Å². The average molecular weight is 924 g/mol. The second kappa shape index (κ2) is 24.8. The predicted octanol–water partition coefficient (Wildman–Crippen LogP) is 0.419. The number of unbranched alkanes of at least 4 members (excludes halogenated alkanes) is 1. The van der Waals surface area contributed by atoms with E-state index in [1.165, 1.54) is 26.4 Å². The first-order valence-corrected chi connectivity index (χ1v) is 22.6. The van der Waals surface area contributed by atoms with E-state index < -0.39 is 102 Å². The van der Waals surface area contributed by atoms with Crippen molar-refractivity contribution in [3.63, 3.8) is 0 Å². The molecule has 0 radical (unpaired) electrons. The standard InChI is InChI=1S/C47H61N11O9/c1-4-5-14-35(54-28(3)59)44(64)55-36-16-17-41(61)50-19-18-30(43(63)56-37(42(48)62)21-31-24-51-34-15-10-9-13-33(31)34)22-40(60)27(2)53-46(66)38(20-29-11-7-6-8-12-29)57-47(67)39(58-45(36)65)23-32-25-49-26-52-32/h6-13,15,24-27,30,35-39,51H,4-5,14,16-23H2,1-3H3,(H2,48,62)(H,49,52)(H,50,61)(H,53,66)(H,54,59)(H,55,64)(H,56,63)(H,57,67)(H,58,65)/t27-,30+,35-,36-,37-,38+,39-/m0/s1. The molecule has 0 spiro atoms. The summed E-state index contributed by atoms with van der Waals surface area (Å²) in [5.41, 5.74) is 8.44. The fourth-order valence-electron chi connectivity index (χ4n) is 7.82. The maximum atomic E-state index is 14.3. The van der Waals surface area contributed by atoms with Crippen molar-refractivity contribution in [2.45, 2.75) is 121 Å². The summed E-state index contributed by atoms with van der Waals surface area (Å²) in [5.74, 6) is -7.22. The Balaban J connectivity index is 1.45. The van der Waals surface area contributed by atoms with Gasteiger partial charge in [-0.2, -0.15) is 0 Å². The number of carbonyl (C=O) groups is 9. The Morgan fingerprint density at radius 1 is 0.836 bits per heavy atom. The van der Waals surface area contributed by atoms with Gasteiger partial charge in [0.15, 0.2) is 5.78 Å². The fraction of sp³-hybridized carbons (Fsp3) is 0.447. The van der Waals surface area contributed by atoms with Gasteiger partial charge in [0, 0.05) is 80.5 Å². The molecule has 3 heterocycles. The number of benzene rings is 2. The predicted molar refractivity (Wildman–Crippen MR) is 246 cm³/mol. The molecule has 2 aromatic heterocycles. The molecule has 20 nitrogen and oxygen atoms in total. The highest BCUT2D eigenvalue weighted by atomic mass is 16.2. The van der Waals surface area contributed by atoms with Crippen molar-refractivity contribution in [3.05, 3.63) is 90.1 Å². The first-order chi connectivity index (χ1) is 32.1. The van der Waals surface area contributed by atoms with Crippen molar-refractivity contribution in [1.29, 1.82) is 0 Å². The minimum atomic E-state index is -1.39. The Bertz CT molecular complexity index is 2370. The third-order valence-corrected chi connectivity index (χ3v) is 11.6. The number of nitrogens with one attached hydrogen (secondary N) is 9. The van der Waals surface area contributed by atoms with E-state index in [1.54, 1.807) is 36.5 Å². The van der Waals surface area contributed by atoms with Crippen LogP contribution in [-0.2, 0) is 62.4 Å². The molecule has 7 atom stereocenters. The van der Waals surface area contributed by atoms with Gasteiger partial charge in [-0.05, 0) is 43.4 Å². The molecule has 1 aliphatic rings. The molecule has 5 rings (SSSR count). The van der Waals surface area contributed by atoms with Crippen molar-refractivity contribution in [2.75, 3.05) is 6.54 Å². The van der Waals surface area contributed by atoms with Gasteiger partial charge in [0.25, 0.3) is 0 Å². The normalized spacial score (nSPS) is 21.2. The van der Waals surface area contributed by atoms with Gasteiger partial charge in [-0.15, -0.1) is 0 Å². The van der Waals surface area contributed by atoms with Crippen LogP contribution in [0.2, 0.25) is 0 Å². The van der Waals surface area contributed by atoms with E-state index in [1.807, 2.05) is 31.2 Å². The molecule has 0 bridgehead atoms. The molecular formula is C47H61N11O9. The molecule has 1 saturated heterocycles. The van der Waals surface area contributed by atoms with Crippen LogP contribution in [-0.4, -0.2) is 111 Å². The molecule has 0 saturated carbocycles. The topological polar surface area (TPSA) is 308 Å². The number of primary amides is 1. The van der Waals surface area contributed by atoms with Gasteiger partial charge in [0.05, 0.1) is 12.4 Å². The number of imidazole rings is 1. The number of ketones is 1. The molecule has 0 aliphatic carbocycles. The van der Waals surface area contributed by atoms with E-state index in [-0.39, 0.29) is 51.5 Å². The van der Waals surface area contributed by atoms with Crippen LogP contribution in [0.1, 0.15) is 82.5 Å². The Hall–Kier alpha value is -7.38. The number of nitrogens with zero attached hydrogens (tertiary/aromatic N) is 1. The lowest BCUT2D eigenvalue weighted by atomic mass is 9.93. The van der Waals surface area contributed by atoms with Gasteiger partial charge in [-0.25, -0.2) is 4.98 Å². The number of H-pyrrole nitrogens is 2. The van der Waals surface area contributed by atoms with Gasteiger partial charge in [-0.1, -0.05) is 68.3 Å². The van der Waals surface area contributed by atoms with E-state index in [0.717, 1.165) is 16.5 Å². The number of Topliss-reactive ketones (excluding diaryl/α,β-unsaturated/α-hetero) is 1. The summed E-state index contributed by atoms with van der Waals surface area (Å²) in [6.45, 7) is 4.50. The first kappa shape index (κ1) is 50.6. The highest BCUT2D eigenvalue weighted by Gasteiger charge is 2.34. The summed E-state index contributed by atoms with van der Waals surface area (Å²) in [4.78, 5) is 132. The maximum Gasteiger partial charge on any atom is 0.243 e. The summed E-state index contributed by atoms with van der Waals surface area (Å²) >= 11 is 0. The zero-order chi connectivity index (χ0) is 48.5. The molecule has 0 unspecified atom stereocenters. The minimum absolute atomic E-state index is 0.0191. The van der Waals surface area contributed by atoms with Crippen LogP contribution < -0.4 is 43.0 Å². The fourth-order valence-corrected chi connectivity index (χ4v) is 7.82. The Kier molecular flexibility index (Phi) is 18.7. The van der Waals surface area contributed by atoms with Crippen LogP contribution in [0, 0.1) is 5.92 Å². The van der Waals surface area contributed by atoms with Crippen LogP contribution in [0.15, 0.2) is 73.3 Å². The third-order valence-electron chi connectivity index (χ3n) is 11.6. The van der Waals surface area contributed by atoms with Gasteiger partial charge in [0.2, 0.25) is 47.3 Å². The number of fused-ring (bicyclic) bond motifs is 1. The second-order valence-corrected chi connectivity index (χ2v) is 16.9. The lowest BCUT2D eigenvalue weighted by Gasteiger charge is -2.27. The molecule has 1 aliphatic heterocycles. The molecule has 4 aromatic rings. The molecular weight excluding hydrogens is 863 g/mol. The van der Waals surface area contributed by atoms with Crippen molar-refractivity contribution in [3.8, 4) is 0 Å². The van der Waals surface area contributed by atoms with Crippen LogP contribution >= 0.6 is 0 Å². The van der Waals surface area contributed by atoms with E-state index in [0.29, 0.717) is 24.1 Å². The number of nitrogens with two attached hydrogens (primary N) is 1. The Labute approximate surface area is 387 Å². The summed E-state index contributed by atoms with van der Waals surface area (Å²) in [6, 6.07) is 8.86. The smallest absolute Gasteiger partial charge is 0.243 e. The summed E-state index contributed by atoms with van der Waals surface area (Å²) in [5, 5.41) is 19.6. The maximum absolute atomic E-state index is 14.3. The van der Waals surface area contributed by atoms with Gasteiger partial charge < -0.3 is 52.9 Å². The van der Waals surface area contributed by atoms with Crippen LogP contribution in [0.4, 0.5) is 0 Å². The van der Waals surface area contributed by atoms with E-state index in [4.69, 9.17) is 5.73 Å². The Morgan fingerprint density at radius 3 is 2.24 bits per heavy atom. The SMILES string of the molecule is CCCC[C@H](NC(C)=O)C(=O)N[C@H]1CCC(=O)NCC[C@@H](C(=O)N[C@@H](Cc2c[nH]c3ccccc23)C(N)=O)CC(=O)[C@H](C)NC(=O)[C@@H](Cc2ccccc2)NC(=O)[C@H](Cc2cnc[nH]2)NC1=O. The number of carbonyl (C=O) groups excluding carboxylic acids is 9.